The van der Waals surface area contributed by atoms with Gasteiger partial charge in [-0.05, 0) is 6.92 Å². The Morgan fingerprint density at radius 3 is 2.57 bits per heavy atom. The topological polar surface area (TPSA) is 81.9 Å². The standard InChI is InChI=1S/C13H26N4O4/c1-11(10-20-4)17(6-8-19-3)13-16-15-12(21-13)9-14-5-7-18-2/h11,14H,5-10H2,1-4H3. The molecule has 1 aromatic rings. The van der Waals surface area contributed by atoms with E-state index in [4.69, 9.17) is 18.6 Å². The minimum atomic E-state index is 0.125. The van der Waals surface area contributed by atoms with Crippen molar-refractivity contribution in [2.45, 2.75) is 19.5 Å². The Kier molecular flexibility index (Phi) is 8.91. The lowest BCUT2D eigenvalue weighted by Crippen LogP contribution is -2.38. The van der Waals surface area contributed by atoms with Crippen molar-refractivity contribution in [2.24, 2.45) is 0 Å². The molecule has 0 saturated carbocycles. The summed E-state index contributed by atoms with van der Waals surface area (Å²) in [4.78, 5) is 1.98. The highest BCUT2D eigenvalue weighted by Gasteiger charge is 2.20. The van der Waals surface area contributed by atoms with Crippen molar-refractivity contribution in [3.63, 3.8) is 0 Å². The van der Waals surface area contributed by atoms with Crippen LogP contribution < -0.4 is 10.2 Å². The highest BCUT2D eigenvalue weighted by atomic mass is 16.5. The molecule has 0 bridgehead atoms. The third kappa shape index (κ3) is 6.38. The smallest absolute Gasteiger partial charge is 0.318 e. The molecule has 122 valence electrons. The van der Waals surface area contributed by atoms with Gasteiger partial charge in [0, 0.05) is 34.4 Å². The van der Waals surface area contributed by atoms with E-state index >= 15 is 0 Å². The van der Waals surface area contributed by atoms with Crippen molar-refractivity contribution < 1.29 is 18.6 Å². The van der Waals surface area contributed by atoms with Gasteiger partial charge in [0.15, 0.2) is 0 Å². The molecule has 1 aromatic heterocycles. The van der Waals surface area contributed by atoms with E-state index in [0.717, 1.165) is 6.54 Å². The van der Waals surface area contributed by atoms with Crippen molar-refractivity contribution in [1.29, 1.82) is 0 Å². The van der Waals surface area contributed by atoms with Crippen LogP contribution in [0, 0.1) is 0 Å². The van der Waals surface area contributed by atoms with Crippen LogP contribution in [0.2, 0.25) is 0 Å². The van der Waals surface area contributed by atoms with Crippen LogP contribution in [0.3, 0.4) is 0 Å². The highest BCUT2D eigenvalue weighted by molar-refractivity contribution is 5.26. The van der Waals surface area contributed by atoms with Gasteiger partial charge in [0.25, 0.3) is 0 Å². The summed E-state index contributed by atoms with van der Waals surface area (Å²) in [5.74, 6) is 0.549. The largest absolute Gasteiger partial charge is 0.407 e. The first-order valence-electron chi connectivity index (χ1n) is 6.99. The number of rotatable bonds is 12. The molecule has 1 rings (SSSR count). The molecule has 8 nitrogen and oxygen atoms in total. The second-order valence-corrected chi connectivity index (χ2v) is 4.64. The third-order valence-corrected chi connectivity index (χ3v) is 2.94. The lowest BCUT2D eigenvalue weighted by atomic mass is 10.3. The molecular formula is C13H26N4O4. The van der Waals surface area contributed by atoms with Gasteiger partial charge in [-0.2, -0.15) is 0 Å². The summed E-state index contributed by atoms with van der Waals surface area (Å²) >= 11 is 0. The number of nitrogens with one attached hydrogen (secondary N) is 1. The minimum absolute atomic E-state index is 0.125. The number of hydrogen-bond acceptors (Lipinski definition) is 8. The molecule has 1 unspecified atom stereocenters. The molecule has 1 heterocycles. The summed E-state index contributed by atoms with van der Waals surface area (Å²) in [6, 6.07) is 0.611. The number of aromatic nitrogens is 2. The van der Waals surface area contributed by atoms with Crippen LogP contribution in [0.4, 0.5) is 6.01 Å². The van der Waals surface area contributed by atoms with Gasteiger partial charge in [0.05, 0.1) is 32.4 Å². The number of ether oxygens (including phenoxy) is 3. The maximum absolute atomic E-state index is 5.68. The molecule has 0 spiro atoms. The Morgan fingerprint density at radius 1 is 1.14 bits per heavy atom. The summed E-state index contributed by atoms with van der Waals surface area (Å²) in [5, 5.41) is 11.3. The molecular weight excluding hydrogens is 276 g/mol. The van der Waals surface area contributed by atoms with Gasteiger partial charge in [-0.15, -0.1) is 5.10 Å². The normalized spacial score (nSPS) is 12.6. The van der Waals surface area contributed by atoms with Crippen molar-refractivity contribution in [2.75, 3.05) is 59.1 Å². The van der Waals surface area contributed by atoms with Gasteiger partial charge in [-0.3, -0.25) is 0 Å². The van der Waals surface area contributed by atoms with Crippen molar-refractivity contribution >= 4 is 6.01 Å². The average molecular weight is 302 g/mol. The van der Waals surface area contributed by atoms with Crippen LogP contribution in [0.25, 0.3) is 0 Å². The van der Waals surface area contributed by atoms with E-state index < -0.39 is 0 Å². The Labute approximate surface area is 125 Å². The van der Waals surface area contributed by atoms with Gasteiger partial charge in [0.2, 0.25) is 5.89 Å². The lowest BCUT2D eigenvalue weighted by molar-refractivity contribution is 0.168. The predicted molar refractivity (Wildman–Crippen MR) is 78.4 cm³/mol. The zero-order chi connectivity index (χ0) is 15.5. The Balaban J connectivity index is 2.58. The first-order valence-corrected chi connectivity index (χ1v) is 6.99. The minimum Gasteiger partial charge on any atom is -0.407 e. The molecule has 0 aliphatic carbocycles. The number of anilines is 1. The van der Waals surface area contributed by atoms with Gasteiger partial charge in [-0.1, -0.05) is 5.10 Å². The maximum Gasteiger partial charge on any atom is 0.318 e. The van der Waals surface area contributed by atoms with Crippen LogP contribution >= 0.6 is 0 Å². The first kappa shape index (κ1) is 17.8. The number of nitrogens with zero attached hydrogens (tertiary/aromatic N) is 3. The first-order chi connectivity index (χ1) is 10.2. The number of methoxy groups -OCH3 is 3. The third-order valence-electron chi connectivity index (χ3n) is 2.94. The van der Waals surface area contributed by atoms with Crippen LogP contribution in [0.1, 0.15) is 12.8 Å². The molecule has 1 atom stereocenters. The molecule has 0 aliphatic rings. The van der Waals surface area contributed by atoms with E-state index in [2.05, 4.69) is 15.5 Å². The Hall–Kier alpha value is -1.22. The zero-order valence-corrected chi connectivity index (χ0v) is 13.3. The van der Waals surface area contributed by atoms with Gasteiger partial charge >= 0.3 is 6.01 Å². The van der Waals surface area contributed by atoms with E-state index in [-0.39, 0.29) is 6.04 Å². The van der Waals surface area contributed by atoms with Crippen LogP contribution in [-0.4, -0.2) is 70.5 Å². The van der Waals surface area contributed by atoms with Gasteiger partial charge < -0.3 is 28.8 Å². The monoisotopic (exact) mass is 302 g/mol. The van der Waals surface area contributed by atoms with Crippen LogP contribution in [0.5, 0.6) is 0 Å². The summed E-state index contributed by atoms with van der Waals surface area (Å²) in [6.45, 7) is 5.77. The van der Waals surface area contributed by atoms with Crippen molar-refractivity contribution in [3.8, 4) is 0 Å². The van der Waals surface area contributed by atoms with Crippen LogP contribution in [0.15, 0.2) is 4.42 Å². The lowest BCUT2D eigenvalue weighted by Gasteiger charge is -2.26. The predicted octanol–water partition coefficient (Wildman–Crippen LogP) is 0.293. The molecule has 0 aromatic carbocycles. The molecule has 0 fully saturated rings. The Morgan fingerprint density at radius 2 is 1.90 bits per heavy atom. The molecule has 21 heavy (non-hydrogen) atoms. The van der Waals surface area contributed by atoms with E-state index in [0.29, 0.717) is 44.8 Å². The van der Waals surface area contributed by atoms with E-state index in [1.165, 1.54) is 0 Å². The maximum atomic E-state index is 5.68. The van der Waals surface area contributed by atoms with Gasteiger partial charge in [-0.25, -0.2) is 0 Å². The Bertz CT molecular complexity index is 375. The van der Waals surface area contributed by atoms with E-state index in [9.17, 15) is 0 Å². The molecule has 0 amide bonds. The molecule has 8 heteroatoms. The average Bonchev–Trinajstić information content (AvgIpc) is 2.93. The quantitative estimate of drug-likeness (QED) is 0.552. The molecule has 0 aliphatic heterocycles. The SMILES string of the molecule is COCCNCc1nnc(N(CCOC)C(C)COC)o1. The summed E-state index contributed by atoms with van der Waals surface area (Å²) in [6.07, 6.45) is 0. The molecule has 1 N–H and O–H groups in total. The summed E-state index contributed by atoms with van der Waals surface area (Å²) in [5.41, 5.74) is 0. The summed E-state index contributed by atoms with van der Waals surface area (Å²) in [7, 11) is 5.00. The van der Waals surface area contributed by atoms with Gasteiger partial charge in [0.1, 0.15) is 0 Å². The fraction of sp³-hybridized carbons (Fsp3) is 0.846. The second kappa shape index (κ2) is 10.5. The fourth-order valence-corrected chi connectivity index (χ4v) is 1.83. The van der Waals surface area contributed by atoms with E-state index in [1.54, 1.807) is 21.3 Å². The summed E-state index contributed by atoms with van der Waals surface area (Å²) < 4.78 is 20.9. The molecule has 0 radical (unpaired) electrons. The van der Waals surface area contributed by atoms with Crippen molar-refractivity contribution in [3.05, 3.63) is 5.89 Å². The zero-order valence-electron chi connectivity index (χ0n) is 13.3. The van der Waals surface area contributed by atoms with Crippen molar-refractivity contribution in [1.82, 2.24) is 15.5 Å². The highest BCUT2D eigenvalue weighted by Crippen LogP contribution is 2.15. The molecule has 0 saturated heterocycles. The second-order valence-electron chi connectivity index (χ2n) is 4.64. The number of hydrogen-bond donors (Lipinski definition) is 1. The fourth-order valence-electron chi connectivity index (χ4n) is 1.83. The van der Waals surface area contributed by atoms with Crippen LogP contribution in [-0.2, 0) is 20.8 Å². The van der Waals surface area contributed by atoms with E-state index in [1.807, 2.05) is 11.8 Å².